The van der Waals surface area contributed by atoms with Gasteiger partial charge in [0.2, 0.25) is 0 Å². The third kappa shape index (κ3) is 4.03. The van der Waals surface area contributed by atoms with Crippen molar-refractivity contribution in [1.29, 1.82) is 5.26 Å². The SMILES string of the molecule is C[C@H](Oc1ccc(C#N)cc1)C(=O)OCc1nnc(-c2ccco2)o1. The summed E-state index contributed by atoms with van der Waals surface area (Å²) in [6.07, 6.45) is 0.655. The number of nitriles is 1. The number of benzene rings is 1. The standard InChI is InChI=1S/C17H13N3O5/c1-11(24-13-6-4-12(9-18)5-7-13)17(21)23-10-15-19-20-16(25-15)14-3-2-8-22-14/h2-8,11H,10H2,1H3/t11-/m0/s1. The Labute approximate surface area is 142 Å². The third-order valence-corrected chi connectivity index (χ3v) is 3.16. The Balaban J connectivity index is 1.52. The van der Waals surface area contributed by atoms with Crippen molar-refractivity contribution < 1.29 is 23.1 Å². The van der Waals surface area contributed by atoms with Crippen molar-refractivity contribution in [2.45, 2.75) is 19.6 Å². The van der Waals surface area contributed by atoms with E-state index in [0.717, 1.165) is 0 Å². The van der Waals surface area contributed by atoms with Crippen molar-refractivity contribution in [2.75, 3.05) is 0 Å². The van der Waals surface area contributed by atoms with Gasteiger partial charge in [0.25, 0.3) is 11.8 Å². The highest BCUT2D eigenvalue weighted by atomic mass is 16.6. The maximum absolute atomic E-state index is 12.0. The molecule has 0 aliphatic rings. The zero-order chi connectivity index (χ0) is 17.6. The summed E-state index contributed by atoms with van der Waals surface area (Å²) >= 11 is 0. The molecule has 3 rings (SSSR count). The van der Waals surface area contributed by atoms with E-state index in [2.05, 4.69) is 10.2 Å². The van der Waals surface area contributed by atoms with Gasteiger partial charge in [0.1, 0.15) is 5.75 Å². The second-order valence-electron chi connectivity index (χ2n) is 4.98. The molecule has 0 saturated carbocycles. The van der Waals surface area contributed by atoms with Gasteiger partial charge in [-0.15, -0.1) is 10.2 Å². The first-order valence-electron chi connectivity index (χ1n) is 7.35. The Kier molecular flexibility index (Phi) is 4.76. The molecule has 2 heterocycles. The van der Waals surface area contributed by atoms with Crippen LogP contribution in [-0.2, 0) is 16.1 Å². The summed E-state index contributed by atoms with van der Waals surface area (Å²) in [6, 6.07) is 11.8. The monoisotopic (exact) mass is 339 g/mol. The number of hydrogen-bond acceptors (Lipinski definition) is 8. The van der Waals surface area contributed by atoms with Gasteiger partial charge in [-0.05, 0) is 43.3 Å². The van der Waals surface area contributed by atoms with Crippen LogP contribution in [0.5, 0.6) is 5.75 Å². The second-order valence-corrected chi connectivity index (χ2v) is 4.98. The van der Waals surface area contributed by atoms with Crippen LogP contribution in [0.25, 0.3) is 11.7 Å². The Hall–Kier alpha value is -3.60. The highest BCUT2D eigenvalue weighted by Gasteiger charge is 2.18. The van der Waals surface area contributed by atoms with Crippen LogP contribution >= 0.6 is 0 Å². The van der Waals surface area contributed by atoms with Crippen LogP contribution in [0.1, 0.15) is 18.4 Å². The molecular formula is C17H13N3O5. The zero-order valence-electron chi connectivity index (χ0n) is 13.2. The zero-order valence-corrected chi connectivity index (χ0v) is 13.2. The van der Waals surface area contributed by atoms with Crippen LogP contribution in [0.2, 0.25) is 0 Å². The third-order valence-electron chi connectivity index (χ3n) is 3.16. The quantitative estimate of drug-likeness (QED) is 0.630. The van der Waals surface area contributed by atoms with E-state index in [1.807, 2.05) is 6.07 Å². The van der Waals surface area contributed by atoms with Crippen molar-refractivity contribution in [1.82, 2.24) is 10.2 Å². The highest BCUT2D eigenvalue weighted by molar-refractivity contribution is 5.74. The minimum absolute atomic E-state index is 0.144. The topological polar surface area (TPSA) is 111 Å². The predicted octanol–water partition coefficient (Wildman–Crippen LogP) is 2.71. The van der Waals surface area contributed by atoms with Crippen LogP contribution in [0.3, 0.4) is 0 Å². The van der Waals surface area contributed by atoms with E-state index >= 15 is 0 Å². The fourth-order valence-corrected chi connectivity index (χ4v) is 1.92. The van der Waals surface area contributed by atoms with E-state index in [-0.39, 0.29) is 18.4 Å². The van der Waals surface area contributed by atoms with Crippen LogP contribution in [0, 0.1) is 11.3 Å². The second kappa shape index (κ2) is 7.31. The molecule has 1 aromatic carbocycles. The summed E-state index contributed by atoms with van der Waals surface area (Å²) in [5, 5.41) is 16.3. The highest BCUT2D eigenvalue weighted by Crippen LogP contribution is 2.18. The van der Waals surface area contributed by atoms with Crippen LogP contribution in [0.4, 0.5) is 0 Å². The summed E-state index contributed by atoms with van der Waals surface area (Å²) in [4.78, 5) is 12.0. The van der Waals surface area contributed by atoms with E-state index in [9.17, 15) is 4.79 Å². The van der Waals surface area contributed by atoms with Crippen molar-refractivity contribution in [3.05, 3.63) is 54.1 Å². The average Bonchev–Trinajstić information content (AvgIpc) is 3.31. The maximum Gasteiger partial charge on any atom is 0.347 e. The minimum atomic E-state index is -0.833. The molecule has 8 nitrogen and oxygen atoms in total. The Morgan fingerprint density at radius 1 is 1.28 bits per heavy atom. The van der Waals surface area contributed by atoms with E-state index in [0.29, 0.717) is 17.1 Å². The molecule has 1 atom stereocenters. The number of carbonyl (C=O) groups is 1. The molecule has 0 saturated heterocycles. The summed E-state index contributed by atoms with van der Waals surface area (Å²) in [7, 11) is 0. The lowest BCUT2D eigenvalue weighted by Gasteiger charge is -2.13. The van der Waals surface area contributed by atoms with Crippen LogP contribution in [-0.4, -0.2) is 22.3 Å². The molecule has 0 N–H and O–H groups in total. The molecule has 8 heteroatoms. The molecule has 25 heavy (non-hydrogen) atoms. The number of ether oxygens (including phenoxy) is 2. The van der Waals surface area contributed by atoms with Gasteiger partial charge in [-0.3, -0.25) is 0 Å². The molecule has 0 fully saturated rings. The molecule has 0 spiro atoms. The fraction of sp³-hybridized carbons (Fsp3) is 0.176. The molecule has 0 unspecified atom stereocenters. The van der Waals surface area contributed by atoms with Crippen molar-refractivity contribution in [3.63, 3.8) is 0 Å². The van der Waals surface area contributed by atoms with Crippen molar-refractivity contribution in [3.8, 4) is 23.5 Å². The van der Waals surface area contributed by atoms with E-state index in [1.54, 1.807) is 43.3 Å². The first-order chi connectivity index (χ1) is 12.2. The molecule has 0 radical (unpaired) electrons. The number of furan rings is 1. The van der Waals surface area contributed by atoms with Crippen LogP contribution < -0.4 is 4.74 Å². The Bertz CT molecular complexity index is 878. The minimum Gasteiger partial charge on any atom is -0.479 e. The number of rotatable bonds is 6. The van der Waals surface area contributed by atoms with Gasteiger partial charge < -0.3 is 18.3 Å². The van der Waals surface area contributed by atoms with E-state index in [1.165, 1.54) is 6.26 Å². The lowest BCUT2D eigenvalue weighted by molar-refractivity contribution is -0.153. The predicted molar refractivity (Wildman–Crippen MR) is 83.0 cm³/mol. The van der Waals surface area contributed by atoms with Crippen molar-refractivity contribution in [2.24, 2.45) is 0 Å². The fourth-order valence-electron chi connectivity index (χ4n) is 1.92. The molecule has 2 aromatic heterocycles. The number of nitrogens with zero attached hydrogens (tertiary/aromatic N) is 3. The first-order valence-corrected chi connectivity index (χ1v) is 7.35. The summed E-state index contributed by atoms with van der Waals surface area (Å²) in [6.45, 7) is 1.39. The normalized spacial score (nSPS) is 11.5. The number of hydrogen-bond donors (Lipinski definition) is 0. The lowest BCUT2D eigenvalue weighted by atomic mass is 10.2. The molecule has 0 amide bonds. The van der Waals surface area contributed by atoms with Gasteiger partial charge in [0.05, 0.1) is 17.9 Å². The summed E-state index contributed by atoms with van der Waals surface area (Å²) in [5.41, 5.74) is 0.506. The smallest absolute Gasteiger partial charge is 0.347 e. The molecule has 0 aliphatic heterocycles. The Morgan fingerprint density at radius 2 is 2.08 bits per heavy atom. The summed E-state index contributed by atoms with van der Waals surface area (Å²) < 4.78 is 21.0. The van der Waals surface area contributed by atoms with Gasteiger partial charge in [-0.25, -0.2) is 4.79 Å². The van der Waals surface area contributed by atoms with E-state index in [4.69, 9.17) is 23.6 Å². The van der Waals surface area contributed by atoms with Gasteiger partial charge >= 0.3 is 5.97 Å². The van der Waals surface area contributed by atoms with Gasteiger partial charge in [-0.2, -0.15) is 5.26 Å². The number of aromatic nitrogens is 2. The molecule has 3 aromatic rings. The average molecular weight is 339 g/mol. The number of esters is 1. The molecule has 126 valence electrons. The maximum atomic E-state index is 12.0. The van der Waals surface area contributed by atoms with Gasteiger partial charge in [0.15, 0.2) is 18.5 Å². The summed E-state index contributed by atoms with van der Waals surface area (Å²) in [5.74, 6) is 0.661. The lowest BCUT2D eigenvalue weighted by Crippen LogP contribution is -2.26. The molecular weight excluding hydrogens is 326 g/mol. The number of carbonyl (C=O) groups excluding carboxylic acids is 1. The van der Waals surface area contributed by atoms with Gasteiger partial charge in [-0.1, -0.05) is 0 Å². The van der Waals surface area contributed by atoms with Crippen molar-refractivity contribution >= 4 is 5.97 Å². The van der Waals surface area contributed by atoms with E-state index < -0.39 is 12.1 Å². The molecule has 0 bridgehead atoms. The molecule has 0 aliphatic carbocycles. The first kappa shape index (κ1) is 16.3. The Morgan fingerprint density at radius 3 is 2.76 bits per heavy atom. The largest absolute Gasteiger partial charge is 0.479 e. The van der Waals surface area contributed by atoms with Gasteiger partial charge in [0, 0.05) is 0 Å². The van der Waals surface area contributed by atoms with Crippen LogP contribution in [0.15, 0.2) is 51.5 Å².